The lowest BCUT2D eigenvalue weighted by molar-refractivity contribution is 0.797. The number of halogens is 1. The highest BCUT2D eigenvalue weighted by atomic mass is 35.5. The third kappa shape index (κ3) is 1.69. The maximum Gasteiger partial charge on any atom is 0.144 e. The van der Waals surface area contributed by atoms with E-state index in [0.29, 0.717) is 0 Å². The smallest absolute Gasteiger partial charge is 0.144 e. The van der Waals surface area contributed by atoms with Crippen molar-refractivity contribution >= 4 is 39.0 Å². The van der Waals surface area contributed by atoms with Crippen molar-refractivity contribution < 1.29 is 0 Å². The number of anilines is 1. The second-order valence-corrected chi connectivity index (χ2v) is 5.40. The molecule has 0 radical (unpaired) electrons. The molecule has 0 saturated heterocycles. The van der Waals surface area contributed by atoms with Gasteiger partial charge in [0.05, 0.1) is 21.6 Å². The zero-order chi connectivity index (χ0) is 12.7. The number of thiophene rings is 1. The molecule has 0 unspecified atom stereocenters. The highest BCUT2D eigenvalue weighted by Crippen LogP contribution is 2.32. The Kier molecular flexibility index (Phi) is 2.76. The largest absolute Gasteiger partial charge is 0.390 e. The van der Waals surface area contributed by atoms with E-state index in [2.05, 4.69) is 16.5 Å². The van der Waals surface area contributed by atoms with Crippen LogP contribution < -0.4 is 5.73 Å². The summed E-state index contributed by atoms with van der Waals surface area (Å²) in [5.41, 5.74) is 8.97. The molecule has 0 amide bonds. The predicted octanol–water partition coefficient (Wildman–Crippen LogP) is 4.02. The van der Waals surface area contributed by atoms with E-state index in [1.807, 2.05) is 29.6 Å². The van der Waals surface area contributed by atoms with Crippen molar-refractivity contribution in [2.24, 2.45) is 0 Å². The zero-order valence-electron chi connectivity index (χ0n) is 9.85. The molecule has 2 heterocycles. The maximum absolute atomic E-state index is 6.05. The maximum atomic E-state index is 6.05. The average molecular weight is 278 g/mol. The number of aryl methyl sites for hydroxylation is 1. The monoisotopic (exact) mass is 277 g/mol. The normalized spacial score (nSPS) is 11.2. The molecule has 2 N–H and O–H groups in total. The molecule has 3 aromatic rings. The molecule has 0 spiro atoms. The molecule has 3 rings (SSSR count). The van der Waals surface area contributed by atoms with E-state index in [-0.39, 0.29) is 0 Å². The van der Waals surface area contributed by atoms with Crippen LogP contribution in [-0.2, 0) is 6.54 Å². The van der Waals surface area contributed by atoms with Crippen LogP contribution in [0.1, 0.15) is 6.92 Å². The van der Waals surface area contributed by atoms with Crippen molar-refractivity contribution in [3.05, 3.63) is 34.7 Å². The van der Waals surface area contributed by atoms with Crippen molar-refractivity contribution in [2.75, 3.05) is 5.73 Å². The number of nitrogens with zero attached hydrogens (tertiary/aromatic N) is 2. The summed E-state index contributed by atoms with van der Waals surface area (Å²) < 4.78 is 2.14. The van der Waals surface area contributed by atoms with E-state index in [0.717, 1.165) is 39.0 Å². The molecule has 0 aliphatic heterocycles. The standard InChI is InChI=1S/C13H12ClN3S/c1-2-17-11-7-8(14)3-4-10(11)16-13(17)9-5-6-18-12(9)15/h3-7H,2,15H2,1H3. The summed E-state index contributed by atoms with van der Waals surface area (Å²) in [6, 6.07) is 7.75. The third-order valence-electron chi connectivity index (χ3n) is 2.96. The second kappa shape index (κ2) is 4.30. The minimum atomic E-state index is 0.724. The molecule has 0 fully saturated rings. The van der Waals surface area contributed by atoms with Gasteiger partial charge in [-0.2, -0.15) is 0 Å². The SMILES string of the molecule is CCn1c(-c2ccsc2N)nc2ccc(Cl)cc21. The number of imidazole rings is 1. The topological polar surface area (TPSA) is 43.8 Å². The fourth-order valence-electron chi connectivity index (χ4n) is 2.13. The molecule has 92 valence electrons. The highest BCUT2D eigenvalue weighted by molar-refractivity contribution is 7.14. The summed E-state index contributed by atoms with van der Waals surface area (Å²) >= 11 is 7.58. The summed E-state index contributed by atoms with van der Waals surface area (Å²) in [4.78, 5) is 4.66. The van der Waals surface area contributed by atoms with Crippen molar-refractivity contribution in [1.82, 2.24) is 9.55 Å². The van der Waals surface area contributed by atoms with Gasteiger partial charge in [0.2, 0.25) is 0 Å². The van der Waals surface area contributed by atoms with Gasteiger partial charge in [0.15, 0.2) is 0 Å². The summed E-state index contributed by atoms with van der Waals surface area (Å²) in [5, 5.41) is 3.50. The van der Waals surface area contributed by atoms with Gasteiger partial charge in [-0.05, 0) is 36.6 Å². The number of aromatic nitrogens is 2. The summed E-state index contributed by atoms with van der Waals surface area (Å²) in [5.74, 6) is 0.911. The van der Waals surface area contributed by atoms with E-state index >= 15 is 0 Å². The van der Waals surface area contributed by atoms with Crippen LogP contribution in [0.5, 0.6) is 0 Å². The average Bonchev–Trinajstić information content (AvgIpc) is 2.91. The van der Waals surface area contributed by atoms with E-state index in [1.165, 1.54) is 11.3 Å². The minimum absolute atomic E-state index is 0.724. The van der Waals surface area contributed by atoms with Crippen molar-refractivity contribution in [3.8, 4) is 11.4 Å². The van der Waals surface area contributed by atoms with Gasteiger partial charge in [0.25, 0.3) is 0 Å². The molecule has 0 aliphatic rings. The number of rotatable bonds is 2. The predicted molar refractivity (Wildman–Crippen MR) is 78.1 cm³/mol. The Labute approximate surface area is 114 Å². The quantitative estimate of drug-likeness (QED) is 0.769. The molecule has 0 aliphatic carbocycles. The Hall–Kier alpha value is -1.52. The first-order valence-electron chi connectivity index (χ1n) is 5.70. The molecule has 0 atom stereocenters. The lowest BCUT2D eigenvalue weighted by Crippen LogP contribution is -1.98. The first-order chi connectivity index (χ1) is 8.70. The van der Waals surface area contributed by atoms with Crippen LogP contribution in [0.2, 0.25) is 5.02 Å². The van der Waals surface area contributed by atoms with Crippen molar-refractivity contribution in [2.45, 2.75) is 13.5 Å². The Morgan fingerprint density at radius 1 is 1.39 bits per heavy atom. The molecule has 0 saturated carbocycles. The van der Waals surface area contributed by atoms with E-state index in [1.54, 1.807) is 0 Å². The molecule has 2 aromatic heterocycles. The first-order valence-corrected chi connectivity index (χ1v) is 6.95. The van der Waals surface area contributed by atoms with Crippen LogP contribution in [0.4, 0.5) is 5.00 Å². The minimum Gasteiger partial charge on any atom is -0.390 e. The van der Waals surface area contributed by atoms with Gasteiger partial charge >= 0.3 is 0 Å². The Morgan fingerprint density at radius 3 is 2.89 bits per heavy atom. The van der Waals surface area contributed by atoms with Gasteiger partial charge in [-0.3, -0.25) is 0 Å². The van der Waals surface area contributed by atoms with E-state index < -0.39 is 0 Å². The second-order valence-electron chi connectivity index (χ2n) is 4.01. The lowest BCUT2D eigenvalue weighted by Gasteiger charge is -2.05. The Balaban J connectivity index is 2.33. The summed E-state index contributed by atoms with van der Waals surface area (Å²) in [7, 11) is 0. The van der Waals surface area contributed by atoms with Gasteiger partial charge in [-0.25, -0.2) is 4.98 Å². The van der Waals surface area contributed by atoms with E-state index in [4.69, 9.17) is 17.3 Å². The van der Waals surface area contributed by atoms with Crippen LogP contribution >= 0.6 is 22.9 Å². The number of hydrogen-bond donors (Lipinski definition) is 1. The van der Waals surface area contributed by atoms with Gasteiger partial charge < -0.3 is 10.3 Å². The van der Waals surface area contributed by atoms with Gasteiger partial charge in [-0.15, -0.1) is 11.3 Å². The van der Waals surface area contributed by atoms with E-state index in [9.17, 15) is 0 Å². The fraction of sp³-hybridized carbons (Fsp3) is 0.154. The zero-order valence-corrected chi connectivity index (χ0v) is 11.4. The van der Waals surface area contributed by atoms with Crippen LogP contribution in [-0.4, -0.2) is 9.55 Å². The van der Waals surface area contributed by atoms with Crippen LogP contribution in [0.25, 0.3) is 22.4 Å². The van der Waals surface area contributed by atoms with Gasteiger partial charge in [0.1, 0.15) is 5.82 Å². The molecule has 1 aromatic carbocycles. The molecular weight excluding hydrogens is 266 g/mol. The number of fused-ring (bicyclic) bond motifs is 1. The molecule has 0 bridgehead atoms. The summed E-state index contributed by atoms with van der Waals surface area (Å²) in [6.07, 6.45) is 0. The number of nitrogen functional groups attached to an aromatic ring is 1. The third-order valence-corrected chi connectivity index (χ3v) is 3.94. The van der Waals surface area contributed by atoms with Crippen molar-refractivity contribution in [3.63, 3.8) is 0 Å². The molecule has 18 heavy (non-hydrogen) atoms. The van der Waals surface area contributed by atoms with Crippen LogP contribution in [0.3, 0.4) is 0 Å². The number of nitrogens with two attached hydrogens (primary N) is 1. The number of benzene rings is 1. The highest BCUT2D eigenvalue weighted by Gasteiger charge is 2.14. The van der Waals surface area contributed by atoms with Gasteiger partial charge in [0, 0.05) is 11.6 Å². The fourth-order valence-corrected chi connectivity index (χ4v) is 2.93. The van der Waals surface area contributed by atoms with Crippen LogP contribution in [0.15, 0.2) is 29.6 Å². The summed E-state index contributed by atoms with van der Waals surface area (Å²) in [6.45, 7) is 2.93. The molecule has 3 nitrogen and oxygen atoms in total. The Bertz CT molecular complexity index is 714. The molecular formula is C13H12ClN3S. The number of hydrogen-bond acceptors (Lipinski definition) is 3. The van der Waals surface area contributed by atoms with Gasteiger partial charge in [-0.1, -0.05) is 11.6 Å². The first kappa shape index (κ1) is 11.6. The van der Waals surface area contributed by atoms with Crippen LogP contribution in [0, 0.1) is 0 Å². The molecule has 5 heteroatoms. The van der Waals surface area contributed by atoms with Crippen molar-refractivity contribution in [1.29, 1.82) is 0 Å². The Morgan fingerprint density at radius 2 is 2.22 bits per heavy atom. The lowest BCUT2D eigenvalue weighted by atomic mass is 10.3.